The molecule has 0 aromatic heterocycles. The number of hydrogen-bond acceptors (Lipinski definition) is 3. The van der Waals surface area contributed by atoms with Gasteiger partial charge in [0.25, 0.3) is 5.91 Å². The van der Waals surface area contributed by atoms with Crippen LogP contribution in [0.5, 0.6) is 5.75 Å². The number of carbonyl (C=O) groups excluding carboxylic acids is 2. The number of halogens is 1. The molecule has 2 rings (SSSR count). The molecular formula is C23H29FN2O3. The van der Waals surface area contributed by atoms with Gasteiger partial charge in [0, 0.05) is 12.6 Å². The van der Waals surface area contributed by atoms with Gasteiger partial charge in [-0.15, -0.1) is 0 Å². The third-order valence-corrected chi connectivity index (χ3v) is 4.76. The molecule has 6 heteroatoms. The molecule has 0 saturated heterocycles. The zero-order chi connectivity index (χ0) is 21.2. The standard InChI is InChI=1S/C23H29FN2O3/c1-4-17(3)25-23(28)21(5-2)26(15-18-9-7-6-8-10-18)22(27)16-29-20-13-11-19(24)12-14-20/h6-14,17,21H,4-5,15-16H2,1-3H3,(H,25,28)/t17-,21+/m1/s1. The van der Waals surface area contributed by atoms with Crippen molar-refractivity contribution < 1.29 is 18.7 Å². The van der Waals surface area contributed by atoms with Crippen LogP contribution in [0.2, 0.25) is 0 Å². The molecule has 2 aromatic rings. The summed E-state index contributed by atoms with van der Waals surface area (Å²) in [6, 6.07) is 14.4. The molecule has 0 unspecified atom stereocenters. The van der Waals surface area contributed by atoms with Gasteiger partial charge in [0.2, 0.25) is 5.91 Å². The number of hydrogen-bond donors (Lipinski definition) is 1. The van der Waals surface area contributed by atoms with Crippen LogP contribution in [-0.4, -0.2) is 35.4 Å². The number of nitrogens with one attached hydrogen (secondary N) is 1. The minimum Gasteiger partial charge on any atom is -0.484 e. The Morgan fingerprint density at radius 1 is 1.03 bits per heavy atom. The first-order valence-electron chi connectivity index (χ1n) is 9.96. The van der Waals surface area contributed by atoms with Crippen molar-refractivity contribution in [2.75, 3.05) is 6.61 Å². The molecule has 29 heavy (non-hydrogen) atoms. The van der Waals surface area contributed by atoms with Gasteiger partial charge in [0.15, 0.2) is 6.61 Å². The van der Waals surface area contributed by atoms with E-state index in [4.69, 9.17) is 4.74 Å². The second-order valence-corrected chi connectivity index (χ2v) is 6.99. The minimum absolute atomic E-state index is 0.0284. The lowest BCUT2D eigenvalue weighted by Crippen LogP contribution is -2.51. The maximum Gasteiger partial charge on any atom is 0.261 e. The zero-order valence-electron chi connectivity index (χ0n) is 17.2. The molecule has 5 nitrogen and oxygen atoms in total. The Bertz CT molecular complexity index is 780. The molecule has 0 heterocycles. The predicted octanol–water partition coefficient (Wildman–Crippen LogP) is 3.93. The van der Waals surface area contributed by atoms with E-state index in [0.29, 0.717) is 18.7 Å². The summed E-state index contributed by atoms with van der Waals surface area (Å²) in [5, 5.41) is 2.97. The summed E-state index contributed by atoms with van der Waals surface area (Å²) in [4.78, 5) is 27.4. The van der Waals surface area contributed by atoms with Crippen LogP contribution >= 0.6 is 0 Å². The van der Waals surface area contributed by atoms with Crippen molar-refractivity contribution in [3.63, 3.8) is 0 Å². The molecule has 2 aromatic carbocycles. The maximum absolute atomic E-state index is 13.1. The lowest BCUT2D eigenvalue weighted by molar-refractivity contribution is -0.143. The number of rotatable bonds is 10. The van der Waals surface area contributed by atoms with Crippen LogP contribution in [0.25, 0.3) is 0 Å². The van der Waals surface area contributed by atoms with E-state index in [1.807, 2.05) is 51.1 Å². The fourth-order valence-corrected chi connectivity index (χ4v) is 2.90. The van der Waals surface area contributed by atoms with Crippen molar-refractivity contribution in [1.29, 1.82) is 0 Å². The predicted molar refractivity (Wildman–Crippen MR) is 111 cm³/mol. The van der Waals surface area contributed by atoms with E-state index in [2.05, 4.69) is 5.32 Å². The Labute approximate surface area is 171 Å². The van der Waals surface area contributed by atoms with E-state index < -0.39 is 6.04 Å². The van der Waals surface area contributed by atoms with Gasteiger partial charge >= 0.3 is 0 Å². The lowest BCUT2D eigenvalue weighted by atomic mass is 10.1. The van der Waals surface area contributed by atoms with E-state index in [0.717, 1.165) is 12.0 Å². The number of amides is 2. The van der Waals surface area contributed by atoms with Crippen molar-refractivity contribution in [2.24, 2.45) is 0 Å². The van der Waals surface area contributed by atoms with Gasteiger partial charge in [-0.1, -0.05) is 44.2 Å². The van der Waals surface area contributed by atoms with E-state index in [1.165, 1.54) is 24.3 Å². The fraction of sp³-hybridized carbons (Fsp3) is 0.391. The van der Waals surface area contributed by atoms with Crippen molar-refractivity contribution in [3.8, 4) is 5.75 Å². The van der Waals surface area contributed by atoms with Gasteiger partial charge in [-0.05, 0) is 49.6 Å². The van der Waals surface area contributed by atoms with Gasteiger partial charge in [-0.25, -0.2) is 4.39 Å². The molecule has 0 aliphatic heterocycles. The van der Waals surface area contributed by atoms with E-state index in [-0.39, 0.29) is 30.3 Å². The number of ether oxygens (including phenoxy) is 1. The quantitative estimate of drug-likeness (QED) is 0.657. The lowest BCUT2D eigenvalue weighted by Gasteiger charge is -2.31. The summed E-state index contributed by atoms with van der Waals surface area (Å²) in [6.45, 7) is 5.89. The summed E-state index contributed by atoms with van der Waals surface area (Å²) >= 11 is 0. The molecule has 0 saturated carbocycles. The van der Waals surface area contributed by atoms with Gasteiger partial charge in [-0.3, -0.25) is 9.59 Å². The first-order valence-corrected chi connectivity index (χ1v) is 9.96. The summed E-state index contributed by atoms with van der Waals surface area (Å²) in [5.41, 5.74) is 0.928. The van der Waals surface area contributed by atoms with E-state index in [1.54, 1.807) is 4.90 Å². The third kappa shape index (κ3) is 6.89. The smallest absolute Gasteiger partial charge is 0.261 e. The number of carbonyl (C=O) groups is 2. The van der Waals surface area contributed by atoms with Crippen molar-refractivity contribution in [3.05, 3.63) is 66.0 Å². The second-order valence-electron chi connectivity index (χ2n) is 6.99. The molecule has 1 N–H and O–H groups in total. The van der Waals surface area contributed by atoms with Crippen LogP contribution < -0.4 is 10.1 Å². The van der Waals surface area contributed by atoms with Crippen molar-refractivity contribution in [2.45, 2.75) is 52.2 Å². The second kappa shape index (κ2) is 11.2. The Morgan fingerprint density at radius 3 is 2.28 bits per heavy atom. The van der Waals surface area contributed by atoms with E-state index in [9.17, 15) is 14.0 Å². The van der Waals surface area contributed by atoms with Crippen LogP contribution in [-0.2, 0) is 16.1 Å². The average molecular weight is 400 g/mol. The molecule has 156 valence electrons. The summed E-state index contributed by atoms with van der Waals surface area (Å²) in [5.74, 6) is -0.448. The van der Waals surface area contributed by atoms with Gasteiger partial charge < -0.3 is 15.0 Å². The Kier molecular flexibility index (Phi) is 8.65. The Balaban J connectivity index is 2.16. The highest BCUT2D eigenvalue weighted by Gasteiger charge is 2.29. The summed E-state index contributed by atoms with van der Waals surface area (Å²) in [7, 11) is 0. The molecule has 0 bridgehead atoms. The summed E-state index contributed by atoms with van der Waals surface area (Å²) < 4.78 is 18.6. The maximum atomic E-state index is 13.1. The van der Waals surface area contributed by atoms with Crippen molar-refractivity contribution >= 4 is 11.8 Å². The molecule has 0 aliphatic rings. The van der Waals surface area contributed by atoms with Crippen LogP contribution in [0.3, 0.4) is 0 Å². The third-order valence-electron chi connectivity index (χ3n) is 4.76. The SMILES string of the molecule is CC[C@@H](C)NC(=O)[C@H](CC)N(Cc1ccccc1)C(=O)COc1ccc(F)cc1. The Morgan fingerprint density at radius 2 is 1.69 bits per heavy atom. The monoisotopic (exact) mass is 400 g/mol. The molecule has 0 radical (unpaired) electrons. The van der Waals surface area contributed by atoms with E-state index >= 15 is 0 Å². The highest BCUT2D eigenvalue weighted by Crippen LogP contribution is 2.15. The number of nitrogens with zero attached hydrogens (tertiary/aromatic N) is 1. The topological polar surface area (TPSA) is 58.6 Å². The molecule has 0 fully saturated rings. The zero-order valence-corrected chi connectivity index (χ0v) is 17.2. The highest BCUT2D eigenvalue weighted by atomic mass is 19.1. The fourth-order valence-electron chi connectivity index (χ4n) is 2.90. The van der Waals surface area contributed by atoms with Gasteiger partial charge in [0.05, 0.1) is 0 Å². The molecule has 0 spiro atoms. The average Bonchev–Trinajstić information content (AvgIpc) is 2.73. The molecule has 2 amide bonds. The van der Waals surface area contributed by atoms with Crippen LogP contribution in [0.1, 0.15) is 39.2 Å². The highest BCUT2D eigenvalue weighted by molar-refractivity contribution is 5.88. The molecular weight excluding hydrogens is 371 g/mol. The normalized spacial score (nSPS) is 12.7. The minimum atomic E-state index is -0.603. The summed E-state index contributed by atoms with van der Waals surface area (Å²) in [6.07, 6.45) is 1.29. The number of benzene rings is 2. The van der Waals surface area contributed by atoms with Gasteiger partial charge in [0.1, 0.15) is 17.6 Å². The van der Waals surface area contributed by atoms with Crippen LogP contribution in [0.4, 0.5) is 4.39 Å². The van der Waals surface area contributed by atoms with Crippen LogP contribution in [0.15, 0.2) is 54.6 Å². The molecule has 0 aliphatic carbocycles. The largest absolute Gasteiger partial charge is 0.484 e. The van der Waals surface area contributed by atoms with Crippen molar-refractivity contribution in [1.82, 2.24) is 10.2 Å². The van der Waals surface area contributed by atoms with Crippen LogP contribution in [0, 0.1) is 5.82 Å². The Hall–Kier alpha value is -2.89. The van der Waals surface area contributed by atoms with Gasteiger partial charge in [-0.2, -0.15) is 0 Å². The first-order chi connectivity index (χ1) is 13.9. The first kappa shape index (κ1) is 22.4. The molecule has 2 atom stereocenters.